The Labute approximate surface area is 100 Å². The van der Waals surface area contributed by atoms with Crippen molar-refractivity contribution in [2.75, 3.05) is 11.9 Å². The first-order valence-electron chi connectivity index (χ1n) is 5.34. The zero-order valence-corrected chi connectivity index (χ0v) is 9.83. The van der Waals surface area contributed by atoms with Gasteiger partial charge in [0.25, 0.3) is 0 Å². The molecule has 1 aromatic heterocycles. The van der Waals surface area contributed by atoms with Gasteiger partial charge in [-0.25, -0.2) is 4.98 Å². The van der Waals surface area contributed by atoms with Gasteiger partial charge >= 0.3 is 0 Å². The minimum absolute atomic E-state index is 0.00106. The van der Waals surface area contributed by atoms with Crippen LogP contribution in [0.2, 0.25) is 5.15 Å². The van der Waals surface area contributed by atoms with Crippen LogP contribution in [0.1, 0.15) is 25.7 Å². The lowest BCUT2D eigenvalue weighted by Crippen LogP contribution is -2.11. The van der Waals surface area contributed by atoms with E-state index < -0.39 is 0 Å². The van der Waals surface area contributed by atoms with Gasteiger partial charge in [0.05, 0.1) is 11.9 Å². The number of pyridine rings is 1. The minimum atomic E-state index is 0.00106. The Morgan fingerprint density at radius 2 is 2.19 bits per heavy atom. The Morgan fingerprint density at radius 3 is 2.81 bits per heavy atom. The normalized spacial score (nSPS) is 10.1. The maximum Gasteiger partial charge on any atom is 0.224 e. The summed E-state index contributed by atoms with van der Waals surface area (Å²) >= 11 is 5.63. The summed E-state index contributed by atoms with van der Waals surface area (Å²) in [6.07, 6.45) is 4.88. The number of carbonyl (C=O) groups is 1. The Hall–Kier alpha value is -1.13. The van der Waals surface area contributed by atoms with Crippen molar-refractivity contribution in [2.24, 2.45) is 5.73 Å². The van der Waals surface area contributed by atoms with E-state index in [4.69, 9.17) is 17.3 Å². The third-order valence-electron chi connectivity index (χ3n) is 2.12. The smallest absolute Gasteiger partial charge is 0.224 e. The molecule has 88 valence electrons. The average Bonchev–Trinajstić information content (AvgIpc) is 2.28. The van der Waals surface area contributed by atoms with Crippen molar-refractivity contribution in [3.8, 4) is 0 Å². The van der Waals surface area contributed by atoms with E-state index in [0.29, 0.717) is 23.8 Å². The van der Waals surface area contributed by atoms with E-state index in [1.165, 1.54) is 0 Å². The number of nitrogens with two attached hydrogens (primary N) is 1. The number of aromatic nitrogens is 1. The number of hydrogen-bond acceptors (Lipinski definition) is 3. The molecule has 0 bridgehead atoms. The molecular weight excluding hydrogens is 226 g/mol. The van der Waals surface area contributed by atoms with Gasteiger partial charge in [-0.05, 0) is 31.5 Å². The van der Waals surface area contributed by atoms with Crippen LogP contribution in [0.15, 0.2) is 18.3 Å². The lowest BCUT2D eigenvalue weighted by Gasteiger charge is -2.04. The lowest BCUT2D eigenvalue weighted by atomic mass is 10.2. The summed E-state index contributed by atoms with van der Waals surface area (Å²) in [6, 6.07) is 3.37. The van der Waals surface area contributed by atoms with Gasteiger partial charge in [-0.15, -0.1) is 0 Å². The number of rotatable bonds is 6. The fourth-order valence-corrected chi connectivity index (χ4v) is 1.39. The van der Waals surface area contributed by atoms with Crippen molar-refractivity contribution in [2.45, 2.75) is 25.7 Å². The SMILES string of the molecule is NCCCCCC(=O)Nc1ccc(Cl)nc1. The summed E-state index contributed by atoms with van der Waals surface area (Å²) in [5.41, 5.74) is 6.04. The van der Waals surface area contributed by atoms with E-state index in [0.717, 1.165) is 19.3 Å². The molecule has 3 N–H and O–H groups in total. The molecule has 0 aromatic carbocycles. The first-order valence-corrected chi connectivity index (χ1v) is 5.71. The predicted octanol–water partition coefficient (Wildman–Crippen LogP) is 2.19. The lowest BCUT2D eigenvalue weighted by molar-refractivity contribution is -0.116. The summed E-state index contributed by atoms with van der Waals surface area (Å²) in [7, 11) is 0. The highest BCUT2D eigenvalue weighted by Gasteiger charge is 2.02. The summed E-state index contributed by atoms with van der Waals surface area (Å²) in [5, 5.41) is 3.17. The van der Waals surface area contributed by atoms with Crippen LogP contribution in [0.25, 0.3) is 0 Å². The summed E-state index contributed by atoms with van der Waals surface area (Å²) in [4.78, 5) is 15.3. The summed E-state index contributed by atoms with van der Waals surface area (Å²) in [6.45, 7) is 0.683. The zero-order chi connectivity index (χ0) is 11.8. The Kier molecular flexibility index (Phi) is 5.82. The molecule has 0 spiro atoms. The number of anilines is 1. The second-order valence-electron chi connectivity index (χ2n) is 3.52. The van der Waals surface area contributed by atoms with Crippen LogP contribution in [-0.2, 0) is 4.79 Å². The number of carbonyl (C=O) groups excluding carboxylic acids is 1. The van der Waals surface area contributed by atoms with Crippen LogP contribution in [0, 0.1) is 0 Å². The molecule has 0 radical (unpaired) electrons. The molecule has 0 aliphatic carbocycles. The molecule has 1 rings (SSSR count). The Balaban J connectivity index is 2.26. The molecule has 5 heteroatoms. The predicted molar refractivity (Wildman–Crippen MR) is 65.4 cm³/mol. The third kappa shape index (κ3) is 5.09. The van der Waals surface area contributed by atoms with Crippen molar-refractivity contribution in [1.82, 2.24) is 4.98 Å². The highest BCUT2D eigenvalue weighted by molar-refractivity contribution is 6.29. The molecule has 0 aliphatic heterocycles. The largest absolute Gasteiger partial charge is 0.330 e. The van der Waals surface area contributed by atoms with E-state index in [-0.39, 0.29) is 5.91 Å². The second kappa shape index (κ2) is 7.19. The van der Waals surface area contributed by atoms with Gasteiger partial charge in [0.1, 0.15) is 5.15 Å². The maximum atomic E-state index is 11.5. The van der Waals surface area contributed by atoms with Crippen LogP contribution in [0.4, 0.5) is 5.69 Å². The monoisotopic (exact) mass is 241 g/mol. The number of halogens is 1. The molecule has 0 aliphatic rings. The van der Waals surface area contributed by atoms with Gasteiger partial charge in [0.15, 0.2) is 0 Å². The van der Waals surface area contributed by atoms with Crippen LogP contribution >= 0.6 is 11.6 Å². The highest BCUT2D eigenvalue weighted by Crippen LogP contribution is 2.10. The van der Waals surface area contributed by atoms with E-state index in [1.54, 1.807) is 18.3 Å². The fraction of sp³-hybridized carbons (Fsp3) is 0.455. The van der Waals surface area contributed by atoms with E-state index in [9.17, 15) is 4.79 Å². The summed E-state index contributed by atoms with van der Waals surface area (Å²) in [5.74, 6) is 0.00106. The van der Waals surface area contributed by atoms with E-state index in [2.05, 4.69) is 10.3 Å². The van der Waals surface area contributed by atoms with Crippen molar-refractivity contribution in [3.63, 3.8) is 0 Å². The molecule has 0 fully saturated rings. The Morgan fingerprint density at radius 1 is 1.38 bits per heavy atom. The number of unbranched alkanes of at least 4 members (excludes halogenated alkanes) is 2. The molecule has 0 saturated heterocycles. The van der Waals surface area contributed by atoms with Crippen molar-refractivity contribution in [3.05, 3.63) is 23.5 Å². The molecule has 0 atom stereocenters. The minimum Gasteiger partial charge on any atom is -0.330 e. The van der Waals surface area contributed by atoms with Crippen molar-refractivity contribution < 1.29 is 4.79 Å². The molecule has 1 aromatic rings. The second-order valence-corrected chi connectivity index (χ2v) is 3.90. The molecule has 4 nitrogen and oxygen atoms in total. The zero-order valence-electron chi connectivity index (χ0n) is 9.08. The number of nitrogens with zero attached hydrogens (tertiary/aromatic N) is 1. The van der Waals surface area contributed by atoms with Crippen LogP contribution in [0.5, 0.6) is 0 Å². The molecule has 0 unspecified atom stereocenters. The van der Waals surface area contributed by atoms with E-state index in [1.807, 2.05) is 0 Å². The van der Waals surface area contributed by atoms with Crippen LogP contribution in [0.3, 0.4) is 0 Å². The molecule has 0 saturated carbocycles. The molecule has 1 heterocycles. The summed E-state index contributed by atoms with van der Waals surface area (Å²) < 4.78 is 0. The molecule has 1 amide bonds. The van der Waals surface area contributed by atoms with Crippen molar-refractivity contribution >= 4 is 23.2 Å². The van der Waals surface area contributed by atoms with Gasteiger partial charge in [0, 0.05) is 6.42 Å². The third-order valence-corrected chi connectivity index (χ3v) is 2.34. The first-order chi connectivity index (χ1) is 7.72. The van der Waals surface area contributed by atoms with E-state index >= 15 is 0 Å². The molecular formula is C11H16ClN3O. The molecule has 16 heavy (non-hydrogen) atoms. The van der Waals surface area contributed by atoms with Gasteiger partial charge in [0.2, 0.25) is 5.91 Å². The van der Waals surface area contributed by atoms with Gasteiger partial charge in [-0.3, -0.25) is 4.79 Å². The van der Waals surface area contributed by atoms with Gasteiger partial charge < -0.3 is 11.1 Å². The van der Waals surface area contributed by atoms with Crippen molar-refractivity contribution in [1.29, 1.82) is 0 Å². The topological polar surface area (TPSA) is 68.0 Å². The quantitative estimate of drug-likeness (QED) is 0.593. The number of hydrogen-bond donors (Lipinski definition) is 2. The Bertz CT molecular complexity index is 327. The highest BCUT2D eigenvalue weighted by atomic mass is 35.5. The van der Waals surface area contributed by atoms with Gasteiger partial charge in [-0.1, -0.05) is 18.0 Å². The average molecular weight is 242 g/mol. The number of nitrogens with one attached hydrogen (secondary N) is 1. The van der Waals surface area contributed by atoms with Crippen LogP contribution < -0.4 is 11.1 Å². The van der Waals surface area contributed by atoms with Gasteiger partial charge in [-0.2, -0.15) is 0 Å². The number of amides is 1. The van der Waals surface area contributed by atoms with Crippen LogP contribution in [-0.4, -0.2) is 17.4 Å². The first kappa shape index (κ1) is 12.9. The standard InChI is InChI=1S/C11H16ClN3O/c12-10-6-5-9(8-14-10)15-11(16)4-2-1-3-7-13/h5-6,8H,1-4,7,13H2,(H,15,16). The maximum absolute atomic E-state index is 11.5. The fourth-order valence-electron chi connectivity index (χ4n) is 1.28.